The molecule has 168 valence electrons. The maximum atomic E-state index is 12.8. The monoisotopic (exact) mass is 451 g/mol. The number of nitrogens with one attached hydrogen (secondary N) is 1. The lowest BCUT2D eigenvalue weighted by molar-refractivity contribution is 0.102. The zero-order valence-electron chi connectivity index (χ0n) is 18.6. The minimum absolute atomic E-state index is 0.233. The number of anilines is 1. The third-order valence-electron chi connectivity index (χ3n) is 5.13. The van der Waals surface area contributed by atoms with E-state index >= 15 is 0 Å². The van der Waals surface area contributed by atoms with E-state index in [0.29, 0.717) is 34.5 Å². The van der Waals surface area contributed by atoms with Crippen molar-refractivity contribution in [2.75, 3.05) is 5.32 Å². The Balaban J connectivity index is 1.28. The highest BCUT2D eigenvalue weighted by atomic mass is 16.5. The normalized spacial score (nSPS) is 10.8. The number of hydrogen-bond donors (Lipinski definition) is 1. The highest BCUT2D eigenvalue weighted by molar-refractivity contribution is 6.05. The number of rotatable bonds is 6. The zero-order chi connectivity index (χ0) is 23.5. The Morgan fingerprint density at radius 3 is 2.47 bits per heavy atom. The summed E-state index contributed by atoms with van der Waals surface area (Å²) in [5, 5.41) is 11.5. The number of amides is 1. The molecule has 9 nitrogen and oxygen atoms in total. The zero-order valence-corrected chi connectivity index (χ0v) is 18.6. The first kappa shape index (κ1) is 21.1. The fraction of sp³-hybridized carbons (Fsp3) is 0.0800. The molecule has 0 aliphatic rings. The van der Waals surface area contributed by atoms with Crippen molar-refractivity contribution < 1.29 is 9.53 Å². The Hall–Kier alpha value is -4.79. The number of para-hydroxylation sites is 1. The van der Waals surface area contributed by atoms with E-state index in [0.717, 1.165) is 11.4 Å². The van der Waals surface area contributed by atoms with E-state index in [9.17, 15) is 4.79 Å². The van der Waals surface area contributed by atoms with Gasteiger partial charge in [-0.25, -0.2) is 14.3 Å². The molecule has 0 bridgehead atoms. The molecule has 0 saturated heterocycles. The van der Waals surface area contributed by atoms with Crippen molar-refractivity contribution in [3.8, 4) is 23.1 Å². The predicted molar refractivity (Wildman–Crippen MR) is 127 cm³/mol. The van der Waals surface area contributed by atoms with E-state index in [1.165, 1.54) is 0 Å². The van der Waals surface area contributed by atoms with E-state index in [2.05, 4.69) is 25.5 Å². The molecule has 2 aromatic carbocycles. The minimum atomic E-state index is -0.233. The van der Waals surface area contributed by atoms with Crippen LogP contribution < -0.4 is 10.1 Å². The van der Waals surface area contributed by atoms with Gasteiger partial charge in [-0.2, -0.15) is 15.2 Å². The van der Waals surface area contributed by atoms with Crippen molar-refractivity contribution in [2.24, 2.45) is 0 Å². The van der Waals surface area contributed by atoms with Crippen LogP contribution in [0.1, 0.15) is 21.9 Å². The molecule has 0 unspecified atom stereocenters. The third kappa shape index (κ3) is 4.40. The largest absolute Gasteiger partial charge is 0.439 e. The lowest BCUT2D eigenvalue weighted by atomic mass is 10.2. The molecule has 3 aromatic heterocycles. The molecule has 3 heterocycles. The molecule has 9 heteroatoms. The molecule has 0 atom stereocenters. The van der Waals surface area contributed by atoms with Crippen molar-refractivity contribution in [3.63, 3.8) is 0 Å². The summed E-state index contributed by atoms with van der Waals surface area (Å²) in [7, 11) is 0. The van der Waals surface area contributed by atoms with Crippen LogP contribution in [0.15, 0.2) is 85.3 Å². The molecule has 1 N–H and O–H groups in total. The average molecular weight is 451 g/mol. The van der Waals surface area contributed by atoms with Crippen LogP contribution in [0.2, 0.25) is 0 Å². The first-order valence-electron chi connectivity index (χ1n) is 10.6. The maximum Gasteiger partial charge on any atom is 0.259 e. The van der Waals surface area contributed by atoms with Gasteiger partial charge in [0, 0.05) is 24.1 Å². The Labute approximate surface area is 195 Å². The Kier molecular flexibility index (Phi) is 5.57. The Morgan fingerprint density at radius 2 is 1.74 bits per heavy atom. The molecule has 0 spiro atoms. The SMILES string of the molecule is Cc1nc(Oc2ccc(NC(=O)c3cnn(-c4ccccc4)c3C)cc2)cc(-n2cccn2)n1. The van der Waals surface area contributed by atoms with Gasteiger partial charge in [0.25, 0.3) is 5.91 Å². The van der Waals surface area contributed by atoms with Gasteiger partial charge >= 0.3 is 0 Å². The molecular weight excluding hydrogens is 430 g/mol. The molecule has 0 aliphatic heterocycles. The van der Waals surface area contributed by atoms with E-state index in [4.69, 9.17) is 4.74 Å². The number of benzene rings is 2. The third-order valence-corrected chi connectivity index (χ3v) is 5.13. The van der Waals surface area contributed by atoms with Gasteiger partial charge in [0.2, 0.25) is 5.88 Å². The average Bonchev–Trinajstić information content (AvgIpc) is 3.51. The van der Waals surface area contributed by atoms with Gasteiger partial charge < -0.3 is 10.1 Å². The van der Waals surface area contributed by atoms with E-state index in [-0.39, 0.29) is 5.91 Å². The Bertz CT molecular complexity index is 1430. The first-order chi connectivity index (χ1) is 16.6. The summed E-state index contributed by atoms with van der Waals surface area (Å²) in [6.07, 6.45) is 5.05. The number of aromatic nitrogens is 6. The number of carbonyl (C=O) groups is 1. The van der Waals surface area contributed by atoms with Crippen LogP contribution in [0.25, 0.3) is 11.5 Å². The molecule has 0 saturated carbocycles. The highest BCUT2D eigenvalue weighted by Gasteiger charge is 2.15. The van der Waals surface area contributed by atoms with E-state index in [1.807, 2.05) is 43.3 Å². The fourth-order valence-corrected chi connectivity index (χ4v) is 3.49. The van der Waals surface area contributed by atoms with Crippen LogP contribution in [-0.2, 0) is 0 Å². The molecule has 34 heavy (non-hydrogen) atoms. The summed E-state index contributed by atoms with van der Waals surface area (Å²) >= 11 is 0. The van der Waals surface area contributed by atoms with E-state index < -0.39 is 0 Å². The summed E-state index contributed by atoms with van der Waals surface area (Å²) in [5.74, 6) is 1.93. The van der Waals surface area contributed by atoms with Gasteiger partial charge in [-0.3, -0.25) is 4.79 Å². The lowest BCUT2D eigenvalue weighted by Crippen LogP contribution is -2.13. The van der Waals surface area contributed by atoms with Crippen LogP contribution >= 0.6 is 0 Å². The van der Waals surface area contributed by atoms with Crippen molar-refractivity contribution in [2.45, 2.75) is 13.8 Å². The lowest BCUT2D eigenvalue weighted by Gasteiger charge is -2.09. The molecule has 0 fully saturated rings. The van der Waals surface area contributed by atoms with Gasteiger partial charge in [0.05, 0.1) is 23.1 Å². The Morgan fingerprint density at radius 1 is 0.941 bits per heavy atom. The summed E-state index contributed by atoms with van der Waals surface area (Å²) < 4.78 is 9.28. The number of aryl methyl sites for hydroxylation is 1. The summed E-state index contributed by atoms with van der Waals surface area (Å²) in [5.41, 5.74) is 2.80. The first-order valence-corrected chi connectivity index (χ1v) is 10.6. The topological polar surface area (TPSA) is 99.8 Å². The maximum absolute atomic E-state index is 12.8. The molecule has 5 rings (SSSR count). The molecule has 0 aliphatic carbocycles. The fourth-order valence-electron chi connectivity index (χ4n) is 3.49. The molecule has 0 radical (unpaired) electrons. The number of ether oxygens (including phenoxy) is 1. The van der Waals surface area contributed by atoms with E-state index in [1.54, 1.807) is 65.2 Å². The highest BCUT2D eigenvalue weighted by Crippen LogP contribution is 2.24. The minimum Gasteiger partial charge on any atom is -0.439 e. The molecule has 1 amide bonds. The number of hydrogen-bond acceptors (Lipinski definition) is 6. The predicted octanol–water partition coefficient (Wildman–Crippen LogP) is 4.51. The molecular formula is C25H21N7O2. The van der Waals surface area contributed by atoms with Crippen LogP contribution in [0.5, 0.6) is 11.6 Å². The van der Waals surface area contributed by atoms with Gasteiger partial charge in [-0.1, -0.05) is 18.2 Å². The summed E-state index contributed by atoms with van der Waals surface area (Å²) in [4.78, 5) is 21.5. The van der Waals surface area contributed by atoms with Gasteiger partial charge in [-0.05, 0) is 56.3 Å². The standard InChI is InChI=1S/C25H21N7O2/c1-17-22(16-27-32(17)20-7-4-3-5-8-20)25(33)30-19-9-11-21(12-10-19)34-24-15-23(28-18(2)29-24)31-14-6-13-26-31/h3-16H,1-2H3,(H,30,33). The second-order valence-corrected chi connectivity index (χ2v) is 7.53. The van der Waals surface area contributed by atoms with Crippen molar-refractivity contribution in [3.05, 3.63) is 102 Å². The second-order valence-electron chi connectivity index (χ2n) is 7.53. The number of carbonyl (C=O) groups excluding carboxylic acids is 1. The van der Waals surface area contributed by atoms with Crippen LogP contribution in [0.4, 0.5) is 5.69 Å². The van der Waals surface area contributed by atoms with Gasteiger partial charge in [0.1, 0.15) is 11.6 Å². The smallest absolute Gasteiger partial charge is 0.259 e. The van der Waals surface area contributed by atoms with Crippen molar-refractivity contribution in [1.29, 1.82) is 0 Å². The van der Waals surface area contributed by atoms with Crippen molar-refractivity contribution in [1.82, 2.24) is 29.5 Å². The summed E-state index contributed by atoms with van der Waals surface area (Å²) in [6.45, 7) is 3.66. The van der Waals surface area contributed by atoms with Crippen molar-refractivity contribution >= 4 is 11.6 Å². The van der Waals surface area contributed by atoms with Crippen LogP contribution in [0, 0.1) is 13.8 Å². The second kappa shape index (κ2) is 8.99. The molecule has 5 aromatic rings. The number of nitrogens with zero attached hydrogens (tertiary/aromatic N) is 6. The van der Waals surface area contributed by atoms with Gasteiger partial charge in [-0.15, -0.1) is 0 Å². The van der Waals surface area contributed by atoms with Crippen LogP contribution in [0.3, 0.4) is 0 Å². The van der Waals surface area contributed by atoms with Crippen LogP contribution in [-0.4, -0.2) is 35.4 Å². The van der Waals surface area contributed by atoms with Gasteiger partial charge in [0.15, 0.2) is 5.82 Å². The summed E-state index contributed by atoms with van der Waals surface area (Å²) in [6, 6.07) is 20.3. The quantitative estimate of drug-likeness (QED) is 0.408.